The van der Waals surface area contributed by atoms with E-state index >= 15 is 0 Å². The summed E-state index contributed by atoms with van der Waals surface area (Å²) in [6, 6.07) is 15.6. The Bertz CT molecular complexity index is 1240. The van der Waals surface area contributed by atoms with Gasteiger partial charge in [0.15, 0.2) is 5.69 Å². The van der Waals surface area contributed by atoms with Gasteiger partial charge in [0.05, 0.1) is 29.4 Å². The Kier molecular flexibility index (Phi) is 4.09. The van der Waals surface area contributed by atoms with Gasteiger partial charge in [-0.05, 0) is 25.1 Å². The van der Waals surface area contributed by atoms with E-state index in [2.05, 4.69) is 9.97 Å². The lowest BCUT2D eigenvalue weighted by atomic mass is 10.1. The largest absolute Gasteiger partial charge is 0.464 e. The molecule has 4 aromatic rings. The van der Waals surface area contributed by atoms with Gasteiger partial charge < -0.3 is 20.0 Å². The maximum absolute atomic E-state index is 12.2. The number of ether oxygens (including phenoxy) is 1. The number of nitrogen functional groups attached to an aromatic ring is 1. The summed E-state index contributed by atoms with van der Waals surface area (Å²) in [5.74, 6) is 0.147. The molecule has 0 fully saturated rings. The molecule has 138 valence electrons. The fourth-order valence-corrected chi connectivity index (χ4v) is 3.11. The number of nitriles is 1. The number of aromatic amines is 1. The van der Waals surface area contributed by atoms with E-state index in [-0.39, 0.29) is 16.9 Å². The van der Waals surface area contributed by atoms with Crippen LogP contribution < -0.4 is 5.73 Å². The highest BCUT2D eigenvalue weighted by Crippen LogP contribution is 2.27. The lowest BCUT2D eigenvalue weighted by molar-refractivity contribution is 0.0593. The number of benzene rings is 2. The predicted octanol–water partition coefficient (Wildman–Crippen LogP) is 3.57. The highest BCUT2D eigenvalue weighted by Gasteiger charge is 2.22. The topological polar surface area (TPSA) is 110 Å². The minimum atomic E-state index is -0.607. The molecule has 2 aromatic heterocycles. The second-order valence-electron chi connectivity index (χ2n) is 6.43. The molecule has 0 bridgehead atoms. The summed E-state index contributed by atoms with van der Waals surface area (Å²) in [4.78, 5) is 20.1. The van der Waals surface area contributed by atoms with Crippen LogP contribution in [0.3, 0.4) is 0 Å². The van der Waals surface area contributed by atoms with E-state index in [0.717, 1.165) is 22.4 Å². The number of methoxy groups -OCH3 is 1. The van der Waals surface area contributed by atoms with Crippen LogP contribution in [0.25, 0.3) is 28.1 Å². The number of hydrogen-bond acceptors (Lipinski definition) is 5. The van der Waals surface area contributed by atoms with Gasteiger partial charge in [-0.3, -0.25) is 0 Å². The number of rotatable bonds is 3. The third-order valence-corrected chi connectivity index (χ3v) is 4.61. The molecular weight excluding hydrogens is 354 g/mol. The number of carbonyl (C=O) groups is 1. The van der Waals surface area contributed by atoms with E-state index in [4.69, 9.17) is 10.5 Å². The van der Waals surface area contributed by atoms with Crippen molar-refractivity contribution in [3.8, 4) is 23.1 Å². The molecule has 0 aliphatic heterocycles. The molecule has 28 heavy (non-hydrogen) atoms. The molecule has 0 radical (unpaired) electrons. The van der Waals surface area contributed by atoms with Gasteiger partial charge in [-0.1, -0.05) is 29.8 Å². The zero-order chi connectivity index (χ0) is 19.8. The molecule has 7 heteroatoms. The third kappa shape index (κ3) is 2.77. The monoisotopic (exact) mass is 371 g/mol. The second kappa shape index (κ2) is 6.59. The van der Waals surface area contributed by atoms with Crippen LogP contribution >= 0.6 is 0 Å². The zero-order valence-corrected chi connectivity index (χ0v) is 15.4. The Hall–Kier alpha value is -4.05. The van der Waals surface area contributed by atoms with Crippen molar-refractivity contribution in [1.29, 1.82) is 5.26 Å². The van der Waals surface area contributed by atoms with Gasteiger partial charge in [-0.25, -0.2) is 9.78 Å². The normalized spacial score (nSPS) is 10.8. The minimum Gasteiger partial charge on any atom is -0.464 e. The minimum absolute atomic E-state index is 0.0967. The number of nitrogens with zero attached hydrogens (tertiary/aromatic N) is 3. The molecule has 0 saturated heterocycles. The van der Waals surface area contributed by atoms with Gasteiger partial charge in [0.1, 0.15) is 11.9 Å². The van der Waals surface area contributed by atoms with Crippen LogP contribution in [0.15, 0.2) is 48.7 Å². The quantitative estimate of drug-likeness (QED) is 0.535. The summed E-state index contributed by atoms with van der Waals surface area (Å²) in [6.45, 7) is 2.03. The molecule has 2 heterocycles. The SMILES string of the molecule is COC(=O)c1c(N)c(C#N)cn1-c1ccc2nc(-c3ccc(C)cc3)[nH]c2c1. The fraction of sp³-hybridized carbons (Fsp3) is 0.0952. The van der Waals surface area contributed by atoms with Crippen molar-refractivity contribution in [2.75, 3.05) is 12.8 Å². The zero-order valence-electron chi connectivity index (χ0n) is 15.4. The first-order chi connectivity index (χ1) is 13.5. The Labute approximate surface area is 161 Å². The molecule has 0 aliphatic carbocycles. The number of hydrogen-bond donors (Lipinski definition) is 2. The Morgan fingerprint density at radius 3 is 2.68 bits per heavy atom. The molecule has 0 amide bonds. The number of anilines is 1. The molecule has 3 N–H and O–H groups in total. The van der Waals surface area contributed by atoms with Crippen molar-refractivity contribution in [3.05, 3.63) is 65.5 Å². The smallest absolute Gasteiger partial charge is 0.357 e. The molecule has 4 rings (SSSR count). The van der Waals surface area contributed by atoms with Crippen molar-refractivity contribution in [3.63, 3.8) is 0 Å². The molecule has 7 nitrogen and oxygen atoms in total. The van der Waals surface area contributed by atoms with E-state index in [1.165, 1.54) is 18.9 Å². The first-order valence-electron chi connectivity index (χ1n) is 8.58. The van der Waals surface area contributed by atoms with Crippen molar-refractivity contribution in [2.45, 2.75) is 6.92 Å². The Balaban J connectivity index is 1.84. The molecule has 0 aliphatic rings. The van der Waals surface area contributed by atoms with Crippen LogP contribution in [0.5, 0.6) is 0 Å². The lowest BCUT2D eigenvalue weighted by Gasteiger charge is -2.08. The second-order valence-corrected chi connectivity index (χ2v) is 6.43. The van der Waals surface area contributed by atoms with Crippen molar-refractivity contribution < 1.29 is 9.53 Å². The number of fused-ring (bicyclic) bond motifs is 1. The number of carbonyl (C=O) groups excluding carboxylic acids is 1. The average Bonchev–Trinajstić information content (AvgIpc) is 3.28. The standard InChI is InChI=1S/C21H17N5O2/c1-12-3-5-13(6-4-12)20-24-16-8-7-15(9-17(16)25-20)26-11-14(10-22)18(23)19(26)21(27)28-2/h3-9,11H,23H2,1-2H3,(H,24,25). The lowest BCUT2D eigenvalue weighted by Crippen LogP contribution is -2.11. The third-order valence-electron chi connectivity index (χ3n) is 4.61. The number of nitrogens with one attached hydrogen (secondary N) is 1. The number of imidazole rings is 1. The first kappa shape index (κ1) is 17.4. The summed E-state index contributed by atoms with van der Waals surface area (Å²) in [5.41, 5.74) is 10.8. The maximum atomic E-state index is 12.2. The van der Waals surface area contributed by atoms with Gasteiger partial charge in [-0.2, -0.15) is 5.26 Å². The fourth-order valence-electron chi connectivity index (χ4n) is 3.11. The van der Waals surface area contributed by atoms with Gasteiger partial charge in [0, 0.05) is 17.4 Å². The maximum Gasteiger partial charge on any atom is 0.357 e. The van der Waals surface area contributed by atoms with Gasteiger partial charge in [0.25, 0.3) is 0 Å². The molecule has 2 aromatic carbocycles. The van der Waals surface area contributed by atoms with Crippen molar-refractivity contribution >= 4 is 22.7 Å². The van der Waals surface area contributed by atoms with Gasteiger partial charge >= 0.3 is 5.97 Å². The molecule has 0 unspecified atom stereocenters. The van der Waals surface area contributed by atoms with Crippen LogP contribution in [-0.4, -0.2) is 27.6 Å². The van der Waals surface area contributed by atoms with E-state index < -0.39 is 5.97 Å². The number of aromatic nitrogens is 3. The average molecular weight is 371 g/mol. The number of H-pyrrole nitrogens is 1. The Morgan fingerprint density at radius 2 is 2.00 bits per heavy atom. The van der Waals surface area contributed by atoms with Gasteiger partial charge in [-0.15, -0.1) is 0 Å². The van der Waals surface area contributed by atoms with Crippen molar-refractivity contribution in [1.82, 2.24) is 14.5 Å². The molecule has 0 atom stereocenters. The summed E-state index contributed by atoms with van der Waals surface area (Å²) in [5, 5.41) is 9.27. The van der Waals surface area contributed by atoms with E-state index in [1.807, 2.05) is 55.5 Å². The first-order valence-corrected chi connectivity index (χ1v) is 8.58. The summed E-state index contributed by atoms with van der Waals surface area (Å²) >= 11 is 0. The van der Waals surface area contributed by atoms with E-state index in [1.54, 1.807) is 4.57 Å². The summed E-state index contributed by atoms with van der Waals surface area (Å²) in [6.07, 6.45) is 1.53. The van der Waals surface area contributed by atoms with Crippen molar-refractivity contribution in [2.24, 2.45) is 0 Å². The number of aryl methyl sites for hydroxylation is 1. The van der Waals surface area contributed by atoms with Crippen LogP contribution in [0, 0.1) is 18.3 Å². The molecule has 0 spiro atoms. The van der Waals surface area contributed by atoms with E-state index in [9.17, 15) is 10.1 Å². The highest BCUT2D eigenvalue weighted by molar-refractivity contribution is 5.96. The predicted molar refractivity (Wildman–Crippen MR) is 106 cm³/mol. The van der Waals surface area contributed by atoms with Gasteiger partial charge in [0.2, 0.25) is 0 Å². The summed E-state index contributed by atoms with van der Waals surface area (Å²) in [7, 11) is 1.27. The highest BCUT2D eigenvalue weighted by atomic mass is 16.5. The van der Waals surface area contributed by atoms with Crippen LogP contribution in [0.2, 0.25) is 0 Å². The van der Waals surface area contributed by atoms with Crippen LogP contribution in [-0.2, 0) is 4.74 Å². The number of nitrogens with two attached hydrogens (primary N) is 1. The van der Waals surface area contributed by atoms with E-state index in [0.29, 0.717) is 5.69 Å². The van der Waals surface area contributed by atoms with Crippen LogP contribution in [0.1, 0.15) is 21.6 Å². The Morgan fingerprint density at radius 1 is 1.25 bits per heavy atom. The number of esters is 1. The molecule has 0 saturated carbocycles. The molecular formula is C21H17N5O2. The van der Waals surface area contributed by atoms with Crippen LogP contribution in [0.4, 0.5) is 5.69 Å². The summed E-state index contributed by atoms with van der Waals surface area (Å²) < 4.78 is 6.39.